The Balaban J connectivity index is 0.976. The first-order chi connectivity index (χ1) is 21.1. The van der Waals surface area contributed by atoms with Gasteiger partial charge in [0.25, 0.3) is 0 Å². The highest BCUT2D eigenvalue weighted by Crippen LogP contribution is 2.20. The molecule has 1 amide bonds. The molecule has 0 bridgehead atoms. The smallest absolute Gasteiger partial charge is 0.230 e. The lowest BCUT2D eigenvalue weighted by molar-refractivity contribution is -0.118. The zero-order valence-corrected chi connectivity index (χ0v) is 25.7. The van der Waals surface area contributed by atoms with Gasteiger partial charge < -0.3 is 14.8 Å². The minimum absolute atomic E-state index is 0.137. The van der Waals surface area contributed by atoms with Crippen molar-refractivity contribution in [2.45, 2.75) is 44.9 Å². The quantitative estimate of drug-likeness (QED) is 0.184. The van der Waals surface area contributed by atoms with Gasteiger partial charge in [0.1, 0.15) is 33.2 Å². The molecule has 10 nitrogen and oxygen atoms in total. The molecule has 0 atom stereocenters. The molecule has 5 rings (SSSR count). The van der Waals surface area contributed by atoms with Gasteiger partial charge in [0.05, 0.1) is 26.1 Å². The Morgan fingerprint density at radius 2 is 1.53 bits per heavy atom. The van der Waals surface area contributed by atoms with E-state index in [1.165, 1.54) is 22.7 Å². The predicted octanol–water partition coefficient (Wildman–Crippen LogP) is 4.20. The Morgan fingerprint density at radius 3 is 2.35 bits per heavy atom. The highest BCUT2D eigenvalue weighted by Gasteiger charge is 2.13. The highest BCUT2D eigenvalue weighted by molar-refractivity contribution is 7.15. The minimum atomic E-state index is -0.137. The minimum Gasteiger partial charge on any atom is -0.492 e. The van der Waals surface area contributed by atoms with E-state index in [-0.39, 0.29) is 18.1 Å². The number of hydrogen-bond donors (Lipinski definition) is 1. The van der Waals surface area contributed by atoms with E-state index in [1.54, 1.807) is 0 Å². The van der Waals surface area contributed by atoms with Gasteiger partial charge in [0, 0.05) is 38.9 Å². The molecule has 2 aromatic carbocycles. The van der Waals surface area contributed by atoms with Gasteiger partial charge in [0.15, 0.2) is 0 Å². The first-order valence-electron chi connectivity index (χ1n) is 14.6. The maximum absolute atomic E-state index is 12.6. The van der Waals surface area contributed by atoms with E-state index >= 15 is 0 Å². The number of hydrogen-bond acceptors (Lipinski definition) is 11. The molecule has 0 unspecified atom stereocenters. The number of carbonyl (C=O) groups is 2. The van der Waals surface area contributed by atoms with Crippen molar-refractivity contribution in [2.24, 2.45) is 0 Å². The van der Waals surface area contributed by atoms with Gasteiger partial charge in [-0.2, -0.15) is 0 Å². The van der Waals surface area contributed by atoms with E-state index in [0.717, 1.165) is 90.4 Å². The molecule has 3 heterocycles. The Kier molecular flexibility index (Phi) is 11.7. The van der Waals surface area contributed by atoms with Gasteiger partial charge in [-0.3, -0.25) is 14.5 Å². The van der Waals surface area contributed by atoms with E-state index in [9.17, 15) is 9.59 Å². The predicted molar refractivity (Wildman–Crippen MR) is 167 cm³/mol. The number of Topliss-reactive ketones (excluding diaryl/α,β-unsaturated/α-hetero) is 1. The van der Waals surface area contributed by atoms with E-state index in [1.807, 2.05) is 54.6 Å². The van der Waals surface area contributed by atoms with Gasteiger partial charge in [0.2, 0.25) is 11.0 Å². The van der Waals surface area contributed by atoms with Crippen molar-refractivity contribution in [3.63, 3.8) is 0 Å². The largest absolute Gasteiger partial charge is 0.492 e. The zero-order valence-electron chi connectivity index (χ0n) is 24.1. The van der Waals surface area contributed by atoms with E-state index < -0.39 is 0 Å². The van der Waals surface area contributed by atoms with Crippen LogP contribution < -0.4 is 10.1 Å². The summed E-state index contributed by atoms with van der Waals surface area (Å²) in [4.78, 5) is 27.3. The molecule has 12 heteroatoms. The van der Waals surface area contributed by atoms with E-state index in [4.69, 9.17) is 9.47 Å². The van der Waals surface area contributed by atoms with Gasteiger partial charge in [-0.1, -0.05) is 53.8 Å². The monoisotopic (exact) mass is 620 g/mol. The topological polar surface area (TPSA) is 119 Å². The molecule has 0 saturated carbocycles. The molecule has 0 aliphatic carbocycles. The Hall–Kier alpha value is -3.58. The van der Waals surface area contributed by atoms with Crippen LogP contribution in [0.4, 0.5) is 5.13 Å². The van der Waals surface area contributed by atoms with Crippen molar-refractivity contribution in [1.29, 1.82) is 0 Å². The average molecular weight is 621 g/mol. The highest BCUT2D eigenvalue weighted by atomic mass is 32.1. The van der Waals surface area contributed by atoms with Crippen LogP contribution in [0.5, 0.6) is 5.75 Å². The summed E-state index contributed by atoms with van der Waals surface area (Å²) in [5.41, 5.74) is 1.90. The summed E-state index contributed by atoms with van der Waals surface area (Å²) in [7, 11) is 0. The molecule has 1 aliphatic heterocycles. The molecule has 0 spiro atoms. The number of rotatable bonds is 16. The summed E-state index contributed by atoms with van der Waals surface area (Å²) < 4.78 is 11.3. The van der Waals surface area contributed by atoms with E-state index in [0.29, 0.717) is 24.6 Å². The number of aromatic nitrogens is 4. The van der Waals surface area contributed by atoms with Crippen molar-refractivity contribution in [3.05, 3.63) is 80.7 Å². The fourth-order valence-electron chi connectivity index (χ4n) is 4.68. The fraction of sp³-hybridized carbons (Fsp3) is 0.419. The number of carbonyl (C=O) groups excluding carboxylic acids is 2. The van der Waals surface area contributed by atoms with Crippen LogP contribution in [0.15, 0.2) is 54.6 Å². The molecule has 43 heavy (non-hydrogen) atoms. The van der Waals surface area contributed by atoms with Gasteiger partial charge >= 0.3 is 0 Å². The maximum atomic E-state index is 12.6. The maximum Gasteiger partial charge on any atom is 0.230 e. The molecule has 0 radical (unpaired) electrons. The first-order valence-corrected chi connectivity index (χ1v) is 16.2. The Bertz CT molecular complexity index is 1460. The SMILES string of the molecule is O=C(Cc1ccccc1)Cc1nnc(CCCCc2nnc(NC(=O)Cc3cccc(OCCN4CCOCC4)c3)s2)s1. The van der Waals surface area contributed by atoms with Crippen LogP contribution >= 0.6 is 22.7 Å². The van der Waals surface area contributed by atoms with Crippen molar-refractivity contribution in [3.8, 4) is 5.75 Å². The average Bonchev–Trinajstić information content (AvgIpc) is 3.65. The summed E-state index contributed by atoms with van der Waals surface area (Å²) in [5.74, 6) is 0.770. The lowest BCUT2D eigenvalue weighted by atomic mass is 10.1. The first kappa shape index (κ1) is 30.9. The number of nitrogens with one attached hydrogen (secondary N) is 1. The van der Waals surface area contributed by atoms with Gasteiger partial charge in [-0.15, -0.1) is 31.7 Å². The number of anilines is 1. The van der Waals surface area contributed by atoms with Crippen LogP contribution in [-0.4, -0.2) is 76.4 Å². The number of unbranched alkanes of at least 4 members (excludes halogenated alkanes) is 1. The van der Waals surface area contributed by atoms with Crippen LogP contribution in [0.1, 0.15) is 39.0 Å². The molecule has 2 aromatic heterocycles. The molecule has 4 aromatic rings. The second kappa shape index (κ2) is 16.3. The normalized spacial score (nSPS) is 13.6. The van der Waals surface area contributed by atoms with Crippen LogP contribution in [0, 0.1) is 0 Å². The van der Waals surface area contributed by atoms with Crippen molar-refractivity contribution < 1.29 is 19.1 Å². The third-order valence-corrected chi connectivity index (χ3v) is 8.77. The Morgan fingerprint density at radius 1 is 0.814 bits per heavy atom. The molecule has 1 N–H and O–H groups in total. The van der Waals surface area contributed by atoms with Crippen LogP contribution in [-0.2, 0) is 46.4 Å². The lowest BCUT2D eigenvalue weighted by Gasteiger charge is -2.26. The number of morpholine rings is 1. The van der Waals surface area contributed by atoms with Crippen LogP contribution in [0.2, 0.25) is 0 Å². The second-order valence-corrected chi connectivity index (χ2v) is 12.6. The zero-order chi connectivity index (χ0) is 29.7. The standard InChI is InChI=1S/C31H36N6O4S2/c38-25(19-23-7-2-1-3-8-23)22-30-35-33-28(42-30)11-4-5-12-29-34-36-31(43-29)32-27(39)21-24-9-6-10-26(20-24)41-18-15-37-13-16-40-17-14-37/h1-3,6-10,20H,4-5,11-19,21-22H2,(H,32,36,39). The third kappa shape index (κ3) is 10.6. The lowest BCUT2D eigenvalue weighted by Crippen LogP contribution is -2.38. The molecule has 1 aliphatic rings. The summed E-state index contributed by atoms with van der Waals surface area (Å²) in [5, 5.41) is 22.8. The molecule has 1 fully saturated rings. The number of benzene rings is 2. The number of nitrogens with zero attached hydrogens (tertiary/aromatic N) is 5. The molecular weight excluding hydrogens is 585 g/mol. The van der Waals surface area contributed by atoms with Gasteiger partial charge in [-0.25, -0.2) is 0 Å². The van der Waals surface area contributed by atoms with Crippen molar-refractivity contribution in [2.75, 3.05) is 44.8 Å². The molecular formula is C31H36N6O4S2. The van der Waals surface area contributed by atoms with E-state index in [2.05, 4.69) is 30.6 Å². The van der Waals surface area contributed by atoms with Crippen LogP contribution in [0.25, 0.3) is 0 Å². The van der Waals surface area contributed by atoms with Crippen molar-refractivity contribution >= 4 is 39.5 Å². The van der Waals surface area contributed by atoms with Crippen LogP contribution in [0.3, 0.4) is 0 Å². The number of aryl methyl sites for hydroxylation is 2. The molecule has 226 valence electrons. The third-order valence-electron chi connectivity index (χ3n) is 6.89. The number of ketones is 1. The Labute approximate surface area is 259 Å². The summed E-state index contributed by atoms with van der Waals surface area (Å²) >= 11 is 2.91. The second-order valence-electron chi connectivity index (χ2n) is 10.4. The summed E-state index contributed by atoms with van der Waals surface area (Å²) in [6.07, 6.45) is 4.40. The van der Waals surface area contributed by atoms with Crippen molar-refractivity contribution in [1.82, 2.24) is 25.3 Å². The van der Waals surface area contributed by atoms with Gasteiger partial charge in [-0.05, 0) is 36.1 Å². The summed E-state index contributed by atoms with van der Waals surface area (Å²) in [6.45, 7) is 4.86. The fourth-order valence-corrected chi connectivity index (χ4v) is 6.40. The molecule has 1 saturated heterocycles. The summed E-state index contributed by atoms with van der Waals surface area (Å²) in [6, 6.07) is 17.4. The number of amides is 1. The number of ether oxygens (including phenoxy) is 2.